The lowest BCUT2D eigenvalue weighted by atomic mass is 10.0. The maximum atomic E-state index is 13.9. The summed E-state index contributed by atoms with van der Waals surface area (Å²) >= 11 is 3.50. The summed E-state index contributed by atoms with van der Waals surface area (Å²) in [6, 6.07) is 23.3. The van der Waals surface area contributed by atoms with Crippen LogP contribution >= 0.6 is 15.9 Å². The van der Waals surface area contributed by atoms with Crippen molar-refractivity contribution in [2.24, 2.45) is 5.92 Å². The molecule has 1 N–H and O–H groups in total. The molecule has 0 saturated carbocycles. The van der Waals surface area contributed by atoms with Crippen molar-refractivity contribution in [1.29, 1.82) is 0 Å². The molecule has 3 aromatic rings. The molecule has 2 amide bonds. The van der Waals surface area contributed by atoms with E-state index >= 15 is 0 Å². The molecule has 1 unspecified atom stereocenters. The lowest BCUT2D eigenvalue weighted by Gasteiger charge is -2.32. The van der Waals surface area contributed by atoms with E-state index in [1.165, 1.54) is 4.31 Å². The van der Waals surface area contributed by atoms with Crippen molar-refractivity contribution in [2.75, 3.05) is 30.8 Å². The highest BCUT2D eigenvalue weighted by molar-refractivity contribution is 9.10. The topological polar surface area (TPSA) is 96.0 Å². The van der Waals surface area contributed by atoms with Crippen molar-refractivity contribution >= 4 is 43.5 Å². The van der Waals surface area contributed by atoms with Crippen LogP contribution in [0.15, 0.2) is 83.3 Å². The maximum absolute atomic E-state index is 13.9. The third kappa shape index (κ3) is 10.2. The molecule has 3 aromatic carbocycles. The van der Waals surface area contributed by atoms with E-state index in [4.69, 9.17) is 4.74 Å². The zero-order valence-corrected chi connectivity index (χ0v) is 27.0. The number of nitrogens with zero attached hydrogens (tertiary/aromatic N) is 2. The van der Waals surface area contributed by atoms with E-state index < -0.39 is 16.1 Å². The number of nitrogens with one attached hydrogen (secondary N) is 1. The van der Waals surface area contributed by atoms with Crippen LogP contribution in [0.25, 0.3) is 0 Å². The van der Waals surface area contributed by atoms with Gasteiger partial charge in [-0.15, -0.1) is 0 Å². The Hall–Kier alpha value is -3.37. The Morgan fingerprint density at radius 1 is 0.952 bits per heavy atom. The molecule has 0 heterocycles. The van der Waals surface area contributed by atoms with Crippen molar-refractivity contribution in [2.45, 2.75) is 45.7 Å². The molecule has 0 fully saturated rings. The SMILES string of the molecule is COc1ccc(N(CCCC(=O)N(Cc2cccc(Br)c2)C(Cc2ccccc2)C(=O)NCC(C)C)S(C)(=O)=O)cc1. The number of sulfonamides is 1. The Bertz CT molecular complexity index is 1420. The molecular weight excluding hydrogens is 618 g/mol. The van der Waals surface area contributed by atoms with Crippen molar-refractivity contribution in [3.8, 4) is 5.75 Å². The smallest absolute Gasteiger partial charge is 0.243 e. The van der Waals surface area contributed by atoms with E-state index in [1.54, 1.807) is 36.3 Å². The quantitative estimate of drug-likeness (QED) is 0.236. The summed E-state index contributed by atoms with van der Waals surface area (Å²) in [6.07, 6.45) is 1.84. The van der Waals surface area contributed by atoms with Gasteiger partial charge >= 0.3 is 0 Å². The number of hydrogen-bond acceptors (Lipinski definition) is 5. The standard InChI is InChI=1S/C32H40BrN3O5S/c1-24(2)22-34-32(38)30(21-25-10-6-5-7-11-25)35(23-26-12-8-13-27(33)20-26)31(37)14-9-19-36(42(4,39)40)28-15-17-29(41-3)18-16-28/h5-8,10-13,15-18,20,24,30H,9,14,19,21-23H2,1-4H3,(H,34,38). The molecule has 1 atom stereocenters. The predicted molar refractivity (Wildman–Crippen MR) is 171 cm³/mol. The van der Waals surface area contributed by atoms with E-state index in [2.05, 4.69) is 21.2 Å². The Balaban J connectivity index is 1.87. The van der Waals surface area contributed by atoms with Gasteiger partial charge in [0.15, 0.2) is 0 Å². The Kier molecular flexibility index (Phi) is 12.4. The average molecular weight is 659 g/mol. The summed E-state index contributed by atoms with van der Waals surface area (Å²) in [5.41, 5.74) is 2.31. The first-order valence-corrected chi connectivity index (χ1v) is 16.6. The van der Waals surface area contributed by atoms with Gasteiger partial charge in [-0.25, -0.2) is 8.42 Å². The second-order valence-electron chi connectivity index (χ2n) is 10.6. The van der Waals surface area contributed by atoms with Crippen LogP contribution in [-0.4, -0.2) is 57.6 Å². The number of amides is 2. The summed E-state index contributed by atoms with van der Waals surface area (Å²) in [7, 11) is -2.05. The largest absolute Gasteiger partial charge is 0.497 e. The van der Waals surface area contributed by atoms with Crippen LogP contribution in [0.2, 0.25) is 0 Å². The van der Waals surface area contributed by atoms with Gasteiger partial charge in [-0.05, 0) is 59.9 Å². The molecule has 8 nitrogen and oxygen atoms in total. The number of methoxy groups -OCH3 is 1. The van der Waals surface area contributed by atoms with Crippen LogP contribution in [-0.2, 0) is 32.6 Å². The summed E-state index contributed by atoms with van der Waals surface area (Å²) in [4.78, 5) is 29.1. The van der Waals surface area contributed by atoms with E-state index in [1.807, 2.05) is 68.4 Å². The van der Waals surface area contributed by atoms with Crippen molar-refractivity contribution in [1.82, 2.24) is 10.2 Å². The van der Waals surface area contributed by atoms with Crippen LogP contribution in [0.3, 0.4) is 0 Å². The molecule has 0 radical (unpaired) electrons. The minimum Gasteiger partial charge on any atom is -0.497 e. The van der Waals surface area contributed by atoms with Crippen LogP contribution in [0.1, 0.15) is 37.8 Å². The van der Waals surface area contributed by atoms with Crippen LogP contribution in [0.5, 0.6) is 5.75 Å². The zero-order valence-electron chi connectivity index (χ0n) is 24.6. The van der Waals surface area contributed by atoms with E-state index in [0.717, 1.165) is 21.9 Å². The highest BCUT2D eigenvalue weighted by Gasteiger charge is 2.30. The number of carbonyl (C=O) groups is 2. The van der Waals surface area contributed by atoms with Crippen LogP contribution in [0, 0.1) is 5.92 Å². The molecule has 0 spiro atoms. The Morgan fingerprint density at radius 3 is 2.21 bits per heavy atom. The van der Waals surface area contributed by atoms with Crippen molar-refractivity contribution in [3.63, 3.8) is 0 Å². The average Bonchev–Trinajstić information content (AvgIpc) is 2.95. The lowest BCUT2D eigenvalue weighted by Crippen LogP contribution is -2.51. The molecule has 0 aliphatic rings. The third-order valence-electron chi connectivity index (χ3n) is 6.71. The Morgan fingerprint density at radius 2 is 1.62 bits per heavy atom. The van der Waals surface area contributed by atoms with E-state index in [9.17, 15) is 18.0 Å². The fraction of sp³-hybridized carbons (Fsp3) is 0.375. The third-order valence-corrected chi connectivity index (χ3v) is 8.40. The van der Waals surface area contributed by atoms with Crippen LogP contribution in [0.4, 0.5) is 5.69 Å². The van der Waals surface area contributed by atoms with Gasteiger partial charge in [0, 0.05) is 36.9 Å². The number of carbonyl (C=O) groups excluding carboxylic acids is 2. The second-order valence-corrected chi connectivity index (χ2v) is 13.5. The number of benzene rings is 3. The predicted octanol–water partition coefficient (Wildman–Crippen LogP) is 5.42. The summed E-state index contributed by atoms with van der Waals surface area (Å²) < 4.78 is 32.6. The molecular formula is C32H40BrN3O5S. The molecule has 0 aromatic heterocycles. The van der Waals surface area contributed by atoms with Gasteiger partial charge in [0.1, 0.15) is 11.8 Å². The minimum absolute atomic E-state index is 0.0684. The molecule has 3 rings (SSSR count). The highest BCUT2D eigenvalue weighted by Crippen LogP contribution is 2.23. The van der Waals surface area contributed by atoms with Gasteiger partial charge in [-0.1, -0.05) is 72.2 Å². The molecule has 0 saturated heterocycles. The zero-order chi connectivity index (χ0) is 30.7. The normalized spacial score (nSPS) is 12.0. The first-order chi connectivity index (χ1) is 20.0. The first-order valence-electron chi connectivity index (χ1n) is 13.9. The molecule has 0 bridgehead atoms. The summed E-state index contributed by atoms with van der Waals surface area (Å²) in [5.74, 6) is 0.428. The monoisotopic (exact) mass is 657 g/mol. The fourth-order valence-electron chi connectivity index (χ4n) is 4.56. The van der Waals surface area contributed by atoms with Gasteiger partial charge < -0.3 is 15.0 Å². The van der Waals surface area contributed by atoms with Crippen LogP contribution < -0.4 is 14.4 Å². The van der Waals surface area contributed by atoms with Gasteiger partial charge in [0.25, 0.3) is 0 Å². The van der Waals surface area contributed by atoms with Crippen molar-refractivity contribution in [3.05, 3.63) is 94.5 Å². The molecule has 0 aliphatic carbocycles. The number of anilines is 1. The molecule has 42 heavy (non-hydrogen) atoms. The van der Waals surface area contributed by atoms with Crippen molar-refractivity contribution < 1.29 is 22.7 Å². The fourth-order valence-corrected chi connectivity index (χ4v) is 5.97. The van der Waals surface area contributed by atoms with Gasteiger partial charge in [0.05, 0.1) is 19.1 Å². The van der Waals surface area contributed by atoms with Gasteiger partial charge in [-0.2, -0.15) is 0 Å². The highest BCUT2D eigenvalue weighted by atomic mass is 79.9. The van der Waals surface area contributed by atoms with E-state index in [-0.39, 0.29) is 43.7 Å². The second kappa shape index (κ2) is 15.7. The molecule has 0 aliphatic heterocycles. The van der Waals surface area contributed by atoms with Gasteiger partial charge in [0.2, 0.25) is 21.8 Å². The molecule has 10 heteroatoms. The number of rotatable bonds is 15. The number of ether oxygens (including phenoxy) is 1. The summed E-state index contributed by atoms with van der Waals surface area (Å²) in [6.45, 7) is 4.89. The number of hydrogen-bond donors (Lipinski definition) is 1. The molecule has 226 valence electrons. The Labute approximate surface area is 258 Å². The lowest BCUT2D eigenvalue weighted by molar-refractivity contribution is -0.141. The maximum Gasteiger partial charge on any atom is 0.243 e. The van der Waals surface area contributed by atoms with E-state index in [0.29, 0.717) is 24.4 Å². The first kappa shape index (κ1) is 33.1. The van der Waals surface area contributed by atoms with Gasteiger partial charge in [-0.3, -0.25) is 13.9 Å². The minimum atomic E-state index is -3.60. The summed E-state index contributed by atoms with van der Waals surface area (Å²) in [5, 5.41) is 3.02. The number of halogens is 1.